The molecule has 0 bridgehead atoms. The maximum absolute atomic E-state index is 12.3. The molecule has 1 fully saturated rings. The van der Waals surface area contributed by atoms with Gasteiger partial charge in [-0.1, -0.05) is 5.16 Å². The second-order valence-corrected chi connectivity index (χ2v) is 7.38. The molecule has 3 unspecified atom stereocenters. The molecule has 0 radical (unpaired) electrons. The first-order valence-electron chi connectivity index (χ1n) is 7.34. The van der Waals surface area contributed by atoms with Crippen LogP contribution in [-0.4, -0.2) is 56.4 Å². The van der Waals surface area contributed by atoms with Crippen LogP contribution in [0.3, 0.4) is 0 Å². The van der Waals surface area contributed by atoms with Gasteiger partial charge < -0.3 is 20.3 Å². The largest absolute Gasteiger partial charge is 0.391 e. The summed E-state index contributed by atoms with van der Waals surface area (Å²) in [5.74, 6) is -0.368. The normalized spacial score (nSPS) is 22.0. The summed E-state index contributed by atoms with van der Waals surface area (Å²) in [5, 5.41) is 18.9. The fourth-order valence-corrected chi connectivity index (χ4v) is 4.05. The lowest BCUT2D eigenvalue weighted by Gasteiger charge is -2.17. The highest BCUT2D eigenvalue weighted by Crippen LogP contribution is 2.18. The predicted octanol–water partition coefficient (Wildman–Crippen LogP) is -0.923. The minimum atomic E-state index is -3.90. The predicted molar refractivity (Wildman–Crippen MR) is 88.4 cm³/mol. The molecule has 1 saturated heterocycles. The van der Waals surface area contributed by atoms with E-state index >= 15 is 0 Å². The quantitative estimate of drug-likeness (QED) is 0.499. The number of carbonyl (C=O) groups is 1. The van der Waals surface area contributed by atoms with Crippen LogP contribution in [0.1, 0.15) is 18.4 Å². The molecule has 4 N–H and O–H groups in total. The number of nitrogens with zero attached hydrogens (tertiary/aromatic N) is 1. The van der Waals surface area contributed by atoms with E-state index in [4.69, 9.17) is 4.52 Å². The van der Waals surface area contributed by atoms with Gasteiger partial charge in [-0.3, -0.25) is 4.79 Å². The molecule has 0 aromatic carbocycles. The van der Waals surface area contributed by atoms with Gasteiger partial charge >= 0.3 is 0 Å². The summed E-state index contributed by atoms with van der Waals surface area (Å²) in [6.45, 7) is 5.85. The number of aliphatic hydroxyl groups is 1. The van der Waals surface area contributed by atoms with Gasteiger partial charge in [0.05, 0.1) is 12.1 Å². The summed E-state index contributed by atoms with van der Waals surface area (Å²) in [6.07, 6.45) is -0.510. The Kier molecular flexibility index (Phi) is 7.17. The minimum Gasteiger partial charge on any atom is -0.391 e. The first-order chi connectivity index (χ1) is 10.7. The average Bonchev–Trinajstić information content (AvgIpc) is 3.01. The van der Waals surface area contributed by atoms with Gasteiger partial charge in [-0.05, 0) is 20.8 Å². The van der Waals surface area contributed by atoms with Gasteiger partial charge in [-0.25, -0.2) is 8.42 Å². The Morgan fingerprint density at radius 2 is 2.12 bits per heavy atom. The molecule has 0 spiro atoms. The van der Waals surface area contributed by atoms with E-state index < -0.39 is 28.1 Å². The molecule has 1 aliphatic rings. The number of β-amino-alcohol motifs (C(OH)–C–C–N with tert-alkyl or cyclic N) is 1. The highest BCUT2D eigenvalue weighted by Gasteiger charge is 2.29. The van der Waals surface area contributed by atoms with Crippen LogP contribution in [0.2, 0.25) is 0 Å². The summed E-state index contributed by atoms with van der Waals surface area (Å²) in [4.78, 5) is 12.0. The van der Waals surface area contributed by atoms with Crippen LogP contribution >= 0.6 is 12.4 Å². The van der Waals surface area contributed by atoms with E-state index in [2.05, 4.69) is 20.5 Å². The molecule has 9 nitrogen and oxygen atoms in total. The van der Waals surface area contributed by atoms with Crippen LogP contribution in [0.25, 0.3) is 0 Å². The van der Waals surface area contributed by atoms with Crippen molar-refractivity contribution in [1.29, 1.82) is 0 Å². The second kappa shape index (κ2) is 8.26. The van der Waals surface area contributed by atoms with Gasteiger partial charge in [0.1, 0.15) is 10.6 Å². The molecule has 2 rings (SSSR count). The number of sulfonamides is 1. The van der Waals surface area contributed by atoms with Crippen molar-refractivity contribution >= 4 is 28.3 Å². The molecule has 11 heteroatoms. The van der Waals surface area contributed by atoms with Gasteiger partial charge in [-0.15, -0.1) is 12.4 Å². The van der Waals surface area contributed by atoms with Gasteiger partial charge in [-0.2, -0.15) is 4.72 Å². The van der Waals surface area contributed by atoms with Gasteiger partial charge in [0.15, 0.2) is 5.76 Å². The molecular formula is C13H23ClN4O5S. The van der Waals surface area contributed by atoms with Crippen LogP contribution in [0.5, 0.6) is 0 Å². The zero-order valence-electron chi connectivity index (χ0n) is 13.7. The van der Waals surface area contributed by atoms with Crippen LogP contribution in [0.15, 0.2) is 9.42 Å². The number of halogens is 1. The van der Waals surface area contributed by atoms with E-state index in [1.165, 1.54) is 20.8 Å². The molecule has 2 heterocycles. The number of nitrogens with one attached hydrogen (secondary N) is 3. The molecule has 0 aliphatic carbocycles. The molecule has 1 aromatic rings. The van der Waals surface area contributed by atoms with E-state index in [0.717, 1.165) is 0 Å². The number of aromatic nitrogens is 1. The van der Waals surface area contributed by atoms with E-state index in [1.54, 1.807) is 0 Å². The Balaban J connectivity index is 0.00000288. The Labute approximate surface area is 147 Å². The van der Waals surface area contributed by atoms with Crippen LogP contribution in [0, 0.1) is 19.8 Å². The molecule has 138 valence electrons. The van der Waals surface area contributed by atoms with Crippen LogP contribution in [-0.2, 0) is 14.8 Å². The molecule has 1 amide bonds. The minimum absolute atomic E-state index is 0. The highest BCUT2D eigenvalue weighted by molar-refractivity contribution is 7.89. The van der Waals surface area contributed by atoms with Crippen molar-refractivity contribution < 1.29 is 22.8 Å². The van der Waals surface area contributed by atoms with Crippen molar-refractivity contribution in [2.75, 3.05) is 19.6 Å². The number of amides is 1. The average molecular weight is 383 g/mol. The molecule has 1 aliphatic heterocycles. The number of carbonyl (C=O) groups excluding carboxylic acids is 1. The molecule has 1 aromatic heterocycles. The maximum atomic E-state index is 12.3. The zero-order valence-corrected chi connectivity index (χ0v) is 15.3. The van der Waals surface area contributed by atoms with Gasteiger partial charge in [0.2, 0.25) is 15.9 Å². The van der Waals surface area contributed by atoms with Crippen LogP contribution < -0.4 is 15.4 Å². The molecule has 0 saturated carbocycles. The lowest BCUT2D eigenvalue weighted by molar-refractivity contribution is -0.122. The van der Waals surface area contributed by atoms with Crippen LogP contribution in [0.4, 0.5) is 0 Å². The lowest BCUT2D eigenvalue weighted by Crippen LogP contribution is -2.46. The third-order valence-corrected chi connectivity index (χ3v) is 5.59. The number of hydrogen-bond donors (Lipinski definition) is 4. The van der Waals surface area contributed by atoms with Gasteiger partial charge in [0.25, 0.3) is 0 Å². The van der Waals surface area contributed by atoms with Crippen molar-refractivity contribution in [1.82, 2.24) is 20.5 Å². The summed E-state index contributed by atoms with van der Waals surface area (Å²) in [7, 11) is -3.90. The monoisotopic (exact) mass is 382 g/mol. The summed E-state index contributed by atoms with van der Waals surface area (Å²) in [6, 6.07) is -0.958. The summed E-state index contributed by atoms with van der Waals surface area (Å²) < 4.78 is 31.8. The van der Waals surface area contributed by atoms with Crippen molar-refractivity contribution in [2.45, 2.75) is 37.8 Å². The first kappa shape index (κ1) is 20.8. The van der Waals surface area contributed by atoms with Crippen molar-refractivity contribution in [3.63, 3.8) is 0 Å². The third kappa shape index (κ3) is 4.67. The van der Waals surface area contributed by atoms with Crippen molar-refractivity contribution in [2.24, 2.45) is 5.92 Å². The third-order valence-electron chi connectivity index (χ3n) is 3.80. The standard InChI is InChI=1S/C13H22N4O5S.ClH/c1-7-12(9(3)22-16-7)23(20,21)17-8(2)13(19)15-5-10-4-14-6-11(10)18;/h8,10-11,14,17-18H,4-6H2,1-3H3,(H,15,19);1H. The summed E-state index contributed by atoms with van der Waals surface area (Å²) in [5.41, 5.74) is 0.239. The van der Waals surface area contributed by atoms with Crippen molar-refractivity contribution in [3.05, 3.63) is 11.5 Å². The Hall–Kier alpha value is -1.20. The molecule has 24 heavy (non-hydrogen) atoms. The smallest absolute Gasteiger partial charge is 0.246 e. The Morgan fingerprint density at radius 3 is 2.62 bits per heavy atom. The fraction of sp³-hybridized carbons (Fsp3) is 0.692. The van der Waals surface area contributed by atoms with E-state index in [0.29, 0.717) is 13.1 Å². The van der Waals surface area contributed by atoms with Crippen molar-refractivity contribution in [3.8, 4) is 0 Å². The maximum Gasteiger partial charge on any atom is 0.246 e. The van der Waals surface area contributed by atoms with E-state index in [9.17, 15) is 18.3 Å². The molecule has 3 atom stereocenters. The first-order valence-corrected chi connectivity index (χ1v) is 8.82. The number of hydrogen-bond acceptors (Lipinski definition) is 7. The topological polar surface area (TPSA) is 134 Å². The number of rotatable bonds is 6. The number of aryl methyl sites for hydroxylation is 2. The summed E-state index contributed by atoms with van der Waals surface area (Å²) >= 11 is 0. The lowest BCUT2D eigenvalue weighted by atomic mass is 10.1. The number of aliphatic hydroxyl groups excluding tert-OH is 1. The highest BCUT2D eigenvalue weighted by atomic mass is 35.5. The Morgan fingerprint density at radius 1 is 1.46 bits per heavy atom. The zero-order chi connectivity index (χ0) is 17.2. The molecular weight excluding hydrogens is 360 g/mol. The van der Waals surface area contributed by atoms with E-state index in [-0.39, 0.29) is 41.2 Å². The fourth-order valence-electron chi connectivity index (χ4n) is 2.52. The SMILES string of the molecule is Cc1noc(C)c1S(=O)(=O)NC(C)C(=O)NCC1CNCC1O.Cl. The van der Waals surface area contributed by atoms with Gasteiger partial charge in [0, 0.05) is 25.6 Å². The Bertz CT molecular complexity index is 658. The van der Waals surface area contributed by atoms with E-state index in [1.807, 2.05) is 0 Å². The second-order valence-electron chi connectivity index (χ2n) is 5.73.